The summed E-state index contributed by atoms with van der Waals surface area (Å²) in [5.41, 5.74) is 4.84. The Morgan fingerprint density at radius 3 is 2.17 bits per heavy atom. The molecule has 1 atom stereocenters. The second-order valence-electron chi connectivity index (χ2n) is 4.61. The molecule has 0 heterocycles. The molecule has 12 heavy (non-hydrogen) atoms. The molecule has 0 aromatic heterocycles. The average molecular weight is 164 g/mol. The van der Waals surface area contributed by atoms with Crippen LogP contribution in [0.5, 0.6) is 0 Å². The fourth-order valence-corrected chi connectivity index (χ4v) is 1.83. The van der Waals surface area contributed by atoms with E-state index in [-0.39, 0.29) is 0 Å². The molecule has 0 aliphatic heterocycles. The standard InChI is InChI=1S/C12H20/c1-8-7-9(2)12(5,6)11(4)10(8)3/h7,9H,1-6H3. The Bertz CT molecular complexity index is 251. The van der Waals surface area contributed by atoms with Gasteiger partial charge in [-0.1, -0.05) is 38.0 Å². The van der Waals surface area contributed by atoms with E-state index < -0.39 is 0 Å². The van der Waals surface area contributed by atoms with Crippen molar-refractivity contribution in [2.45, 2.75) is 41.5 Å². The summed E-state index contributed by atoms with van der Waals surface area (Å²) in [7, 11) is 0. The molecule has 0 nitrogen and oxygen atoms in total. The third-order valence-corrected chi connectivity index (χ3v) is 3.76. The minimum atomic E-state index is 0.351. The highest BCUT2D eigenvalue weighted by atomic mass is 14.3. The summed E-state index contributed by atoms with van der Waals surface area (Å²) in [6.45, 7) is 13.7. The second-order valence-corrected chi connectivity index (χ2v) is 4.61. The molecule has 0 saturated carbocycles. The topological polar surface area (TPSA) is 0 Å². The van der Waals surface area contributed by atoms with Gasteiger partial charge in [-0.15, -0.1) is 0 Å². The lowest BCUT2D eigenvalue weighted by molar-refractivity contribution is 0.332. The number of allylic oxidation sites excluding steroid dienone is 4. The van der Waals surface area contributed by atoms with Gasteiger partial charge < -0.3 is 0 Å². The lowest BCUT2D eigenvalue weighted by Gasteiger charge is -2.37. The van der Waals surface area contributed by atoms with E-state index in [0.717, 1.165) is 0 Å². The summed E-state index contributed by atoms with van der Waals surface area (Å²) < 4.78 is 0. The molecule has 68 valence electrons. The van der Waals surface area contributed by atoms with Gasteiger partial charge in [0.1, 0.15) is 0 Å². The number of hydrogen-bond donors (Lipinski definition) is 0. The van der Waals surface area contributed by atoms with Crippen LogP contribution in [0.1, 0.15) is 41.5 Å². The van der Waals surface area contributed by atoms with Crippen molar-refractivity contribution in [1.29, 1.82) is 0 Å². The second kappa shape index (κ2) is 2.76. The number of hydrogen-bond acceptors (Lipinski definition) is 0. The first-order chi connectivity index (χ1) is 5.37. The smallest absolute Gasteiger partial charge is 0.00813 e. The van der Waals surface area contributed by atoms with Crippen LogP contribution in [0.2, 0.25) is 0 Å². The molecule has 0 heteroatoms. The van der Waals surface area contributed by atoms with E-state index >= 15 is 0 Å². The molecule has 0 radical (unpaired) electrons. The highest BCUT2D eigenvalue weighted by Gasteiger charge is 2.30. The van der Waals surface area contributed by atoms with Crippen molar-refractivity contribution in [1.82, 2.24) is 0 Å². The molecule has 1 rings (SSSR count). The largest absolute Gasteiger partial charge is 0.0776 e. The Morgan fingerprint density at radius 1 is 1.17 bits per heavy atom. The van der Waals surface area contributed by atoms with E-state index in [2.05, 4.69) is 47.6 Å². The Kier molecular flexibility index (Phi) is 2.20. The zero-order chi connectivity index (χ0) is 9.52. The van der Waals surface area contributed by atoms with Gasteiger partial charge in [-0.3, -0.25) is 0 Å². The molecule has 0 amide bonds. The summed E-state index contributed by atoms with van der Waals surface area (Å²) in [6, 6.07) is 0. The van der Waals surface area contributed by atoms with E-state index in [4.69, 9.17) is 0 Å². The quantitative estimate of drug-likeness (QED) is 0.508. The van der Waals surface area contributed by atoms with Gasteiger partial charge in [-0.2, -0.15) is 0 Å². The first-order valence-electron chi connectivity index (χ1n) is 4.74. The van der Waals surface area contributed by atoms with Gasteiger partial charge in [0.2, 0.25) is 0 Å². The first-order valence-corrected chi connectivity index (χ1v) is 4.74. The maximum atomic E-state index is 2.39. The average Bonchev–Trinajstić information content (AvgIpc) is 1.99. The molecule has 0 N–H and O–H groups in total. The van der Waals surface area contributed by atoms with Crippen molar-refractivity contribution in [3.8, 4) is 0 Å². The van der Waals surface area contributed by atoms with E-state index in [1.165, 1.54) is 11.1 Å². The minimum Gasteiger partial charge on any atom is -0.0776 e. The van der Waals surface area contributed by atoms with E-state index in [1.807, 2.05) is 0 Å². The SMILES string of the molecule is CC1=CC(C)C(C)(C)C(C)=C1C. The molecular formula is C12H20. The van der Waals surface area contributed by atoms with Crippen molar-refractivity contribution >= 4 is 0 Å². The molecule has 0 spiro atoms. The summed E-state index contributed by atoms with van der Waals surface area (Å²) in [5, 5.41) is 0. The highest BCUT2D eigenvalue weighted by molar-refractivity contribution is 5.39. The van der Waals surface area contributed by atoms with Crippen molar-refractivity contribution in [3.63, 3.8) is 0 Å². The van der Waals surface area contributed by atoms with Crippen LogP contribution in [-0.2, 0) is 0 Å². The molecule has 1 aliphatic carbocycles. The number of rotatable bonds is 0. The molecule has 0 aromatic carbocycles. The van der Waals surface area contributed by atoms with E-state index in [1.54, 1.807) is 5.57 Å². The predicted octanol–water partition coefficient (Wildman–Crippen LogP) is 3.95. The molecule has 0 aromatic rings. The van der Waals surface area contributed by atoms with Crippen LogP contribution in [0.4, 0.5) is 0 Å². The van der Waals surface area contributed by atoms with Crippen LogP contribution < -0.4 is 0 Å². The van der Waals surface area contributed by atoms with Crippen LogP contribution in [0.3, 0.4) is 0 Å². The molecular weight excluding hydrogens is 144 g/mol. The predicted molar refractivity (Wildman–Crippen MR) is 55.1 cm³/mol. The molecule has 0 fully saturated rings. The monoisotopic (exact) mass is 164 g/mol. The third-order valence-electron chi connectivity index (χ3n) is 3.76. The van der Waals surface area contributed by atoms with Crippen molar-refractivity contribution in [2.75, 3.05) is 0 Å². The van der Waals surface area contributed by atoms with Gasteiger partial charge in [0, 0.05) is 0 Å². The van der Waals surface area contributed by atoms with Gasteiger partial charge in [-0.05, 0) is 37.7 Å². The van der Waals surface area contributed by atoms with E-state index in [0.29, 0.717) is 11.3 Å². The zero-order valence-corrected chi connectivity index (χ0v) is 9.15. The molecule has 0 saturated heterocycles. The maximum Gasteiger partial charge on any atom is -0.00813 e. The normalized spacial score (nSPS) is 28.8. The lowest BCUT2D eigenvalue weighted by Crippen LogP contribution is -2.25. The highest BCUT2D eigenvalue weighted by Crippen LogP contribution is 2.42. The Balaban J connectivity index is 3.18. The first kappa shape index (κ1) is 9.57. The van der Waals surface area contributed by atoms with Crippen molar-refractivity contribution < 1.29 is 0 Å². The van der Waals surface area contributed by atoms with Gasteiger partial charge in [0.15, 0.2) is 0 Å². The lowest BCUT2D eigenvalue weighted by atomic mass is 9.68. The zero-order valence-electron chi connectivity index (χ0n) is 9.15. The van der Waals surface area contributed by atoms with Crippen LogP contribution in [0, 0.1) is 11.3 Å². The van der Waals surface area contributed by atoms with Crippen LogP contribution in [0.25, 0.3) is 0 Å². The van der Waals surface area contributed by atoms with Gasteiger partial charge in [-0.25, -0.2) is 0 Å². The van der Waals surface area contributed by atoms with Crippen LogP contribution in [0.15, 0.2) is 22.8 Å². The Hall–Kier alpha value is -0.520. The Morgan fingerprint density at radius 2 is 1.67 bits per heavy atom. The molecule has 1 unspecified atom stereocenters. The molecule has 0 bridgehead atoms. The van der Waals surface area contributed by atoms with Gasteiger partial charge >= 0.3 is 0 Å². The summed E-state index contributed by atoms with van der Waals surface area (Å²) >= 11 is 0. The van der Waals surface area contributed by atoms with Crippen molar-refractivity contribution in [2.24, 2.45) is 11.3 Å². The Labute approximate surface area is 76.4 Å². The van der Waals surface area contributed by atoms with Crippen molar-refractivity contribution in [3.05, 3.63) is 22.8 Å². The summed E-state index contributed by atoms with van der Waals surface area (Å²) in [5.74, 6) is 0.668. The van der Waals surface area contributed by atoms with Crippen LogP contribution in [-0.4, -0.2) is 0 Å². The van der Waals surface area contributed by atoms with Gasteiger partial charge in [0.25, 0.3) is 0 Å². The van der Waals surface area contributed by atoms with Gasteiger partial charge in [0.05, 0.1) is 0 Å². The van der Waals surface area contributed by atoms with Crippen LogP contribution >= 0.6 is 0 Å². The maximum absolute atomic E-state index is 2.39. The van der Waals surface area contributed by atoms with E-state index in [9.17, 15) is 0 Å². The third kappa shape index (κ3) is 1.24. The molecule has 1 aliphatic rings. The summed E-state index contributed by atoms with van der Waals surface area (Å²) in [6.07, 6.45) is 2.39. The summed E-state index contributed by atoms with van der Waals surface area (Å²) in [4.78, 5) is 0. The fourth-order valence-electron chi connectivity index (χ4n) is 1.83. The fraction of sp³-hybridized carbons (Fsp3) is 0.667. The minimum absolute atomic E-state index is 0.351.